The van der Waals surface area contributed by atoms with Crippen LogP contribution in [-0.4, -0.2) is 28.7 Å². The van der Waals surface area contributed by atoms with E-state index in [1.807, 2.05) is 10.8 Å². The molecule has 0 aliphatic heterocycles. The van der Waals surface area contributed by atoms with Gasteiger partial charge in [0, 0.05) is 32.0 Å². The number of unbranched alkanes of at least 4 members (excludes halogenated alkanes) is 11. The first kappa shape index (κ1) is 21.5. The number of carbonyl (C=O) groups is 1. The molecule has 0 aliphatic rings. The first-order valence-corrected chi connectivity index (χ1v) is 10.3. The van der Waals surface area contributed by atoms with Crippen LogP contribution in [0.3, 0.4) is 0 Å². The Labute approximate surface area is 154 Å². The zero-order valence-electron chi connectivity index (χ0n) is 16.1. The topological polar surface area (TPSA) is 59.0 Å². The lowest BCUT2D eigenvalue weighted by Crippen LogP contribution is -2.37. The standard InChI is InChI=1S/C20H38N4O/c1-2-3-4-5-6-7-8-9-10-11-12-13-14-22-20(25)23-16-18-24-17-15-21-19-24/h15,17,19H,2-14,16,18H2,1H3,(H2,22,23,25). The number of imidazole rings is 1. The Morgan fingerprint density at radius 1 is 0.840 bits per heavy atom. The summed E-state index contributed by atoms with van der Waals surface area (Å²) in [6.07, 6.45) is 21.5. The summed E-state index contributed by atoms with van der Waals surface area (Å²) >= 11 is 0. The van der Waals surface area contributed by atoms with Gasteiger partial charge in [0.2, 0.25) is 0 Å². The second-order valence-corrected chi connectivity index (χ2v) is 6.87. The van der Waals surface area contributed by atoms with Crippen molar-refractivity contribution in [3.05, 3.63) is 18.7 Å². The number of aromatic nitrogens is 2. The molecule has 0 radical (unpaired) electrons. The number of amides is 2. The molecule has 0 aliphatic carbocycles. The van der Waals surface area contributed by atoms with E-state index in [0.29, 0.717) is 6.54 Å². The first-order valence-electron chi connectivity index (χ1n) is 10.3. The molecule has 0 saturated carbocycles. The molecule has 0 aromatic carbocycles. The van der Waals surface area contributed by atoms with E-state index in [0.717, 1.165) is 19.5 Å². The molecule has 0 fully saturated rings. The van der Waals surface area contributed by atoms with Crippen molar-refractivity contribution in [2.24, 2.45) is 0 Å². The maximum Gasteiger partial charge on any atom is 0.314 e. The molecule has 1 heterocycles. The minimum atomic E-state index is -0.0665. The Morgan fingerprint density at radius 2 is 1.40 bits per heavy atom. The summed E-state index contributed by atoms with van der Waals surface area (Å²) < 4.78 is 1.95. The smallest absolute Gasteiger partial charge is 0.314 e. The molecule has 0 unspecified atom stereocenters. The summed E-state index contributed by atoms with van der Waals surface area (Å²) in [4.78, 5) is 15.6. The lowest BCUT2D eigenvalue weighted by Gasteiger charge is -2.08. The van der Waals surface area contributed by atoms with Crippen molar-refractivity contribution in [1.29, 1.82) is 0 Å². The Balaban J connectivity index is 1.75. The average Bonchev–Trinajstić information content (AvgIpc) is 3.12. The van der Waals surface area contributed by atoms with Gasteiger partial charge in [-0.3, -0.25) is 0 Å². The van der Waals surface area contributed by atoms with Crippen molar-refractivity contribution in [2.45, 2.75) is 90.5 Å². The van der Waals surface area contributed by atoms with Crippen LogP contribution in [0.15, 0.2) is 18.7 Å². The van der Waals surface area contributed by atoms with Gasteiger partial charge in [0.15, 0.2) is 0 Å². The number of hydrogen-bond acceptors (Lipinski definition) is 2. The van der Waals surface area contributed by atoms with Gasteiger partial charge in [0.1, 0.15) is 0 Å². The van der Waals surface area contributed by atoms with Crippen LogP contribution in [0.4, 0.5) is 4.79 Å². The van der Waals surface area contributed by atoms with Gasteiger partial charge in [-0.1, -0.05) is 77.6 Å². The molecule has 5 heteroatoms. The van der Waals surface area contributed by atoms with Crippen molar-refractivity contribution in [2.75, 3.05) is 13.1 Å². The van der Waals surface area contributed by atoms with E-state index in [2.05, 4.69) is 22.5 Å². The van der Waals surface area contributed by atoms with Gasteiger partial charge in [-0.15, -0.1) is 0 Å². The summed E-state index contributed by atoms with van der Waals surface area (Å²) in [6.45, 7) is 4.42. The Hall–Kier alpha value is -1.52. The highest BCUT2D eigenvalue weighted by Gasteiger charge is 1.99. The van der Waals surface area contributed by atoms with Crippen LogP contribution < -0.4 is 10.6 Å². The quantitative estimate of drug-likeness (QED) is 0.417. The van der Waals surface area contributed by atoms with Crippen molar-refractivity contribution < 1.29 is 4.79 Å². The summed E-state index contributed by atoms with van der Waals surface area (Å²) in [5.41, 5.74) is 0. The molecule has 0 spiro atoms. The third-order valence-corrected chi connectivity index (χ3v) is 4.53. The number of rotatable bonds is 16. The van der Waals surface area contributed by atoms with Crippen LogP contribution >= 0.6 is 0 Å². The summed E-state index contributed by atoms with van der Waals surface area (Å²) in [5.74, 6) is 0. The molecule has 1 aromatic rings. The minimum absolute atomic E-state index is 0.0665. The average molecular weight is 351 g/mol. The maximum absolute atomic E-state index is 11.6. The van der Waals surface area contributed by atoms with E-state index < -0.39 is 0 Å². The fourth-order valence-electron chi connectivity index (χ4n) is 2.95. The highest BCUT2D eigenvalue weighted by atomic mass is 16.2. The van der Waals surface area contributed by atoms with Crippen LogP contribution in [0, 0.1) is 0 Å². The van der Waals surface area contributed by atoms with Gasteiger partial charge in [0.05, 0.1) is 6.33 Å². The van der Waals surface area contributed by atoms with E-state index >= 15 is 0 Å². The molecule has 0 atom stereocenters. The highest BCUT2D eigenvalue weighted by molar-refractivity contribution is 5.73. The number of nitrogens with one attached hydrogen (secondary N) is 2. The fourth-order valence-corrected chi connectivity index (χ4v) is 2.95. The predicted octanol–water partition coefficient (Wildman–Crippen LogP) is 4.88. The summed E-state index contributed by atoms with van der Waals surface area (Å²) in [6, 6.07) is -0.0665. The van der Waals surface area contributed by atoms with Crippen LogP contribution in [0.25, 0.3) is 0 Å². The maximum atomic E-state index is 11.6. The second-order valence-electron chi connectivity index (χ2n) is 6.87. The molecule has 1 aromatic heterocycles. The third-order valence-electron chi connectivity index (χ3n) is 4.53. The van der Waals surface area contributed by atoms with Crippen LogP contribution in [-0.2, 0) is 6.54 Å². The first-order chi connectivity index (χ1) is 12.3. The Kier molecular flexibility index (Phi) is 13.8. The highest BCUT2D eigenvalue weighted by Crippen LogP contribution is 2.11. The van der Waals surface area contributed by atoms with Gasteiger partial charge in [-0.2, -0.15) is 0 Å². The zero-order valence-corrected chi connectivity index (χ0v) is 16.1. The van der Waals surface area contributed by atoms with Crippen LogP contribution in [0.2, 0.25) is 0 Å². The lowest BCUT2D eigenvalue weighted by atomic mass is 10.1. The van der Waals surface area contributed by atoms with E-state index in [4.69, 9.17) is 0 Å². The number of urea groups is 1. The van der Waals surface area contributed by atoms with E-state index in [9.17, 15) is 4.79 Å². The van der Waals surface area contributed by atoms with Gasteiger partial charge in [0.25, 0.3) is 0 Å². The molecule has 0 bridgehead atoms. The molecule has 2 amide bonds. The molecule has 5 nitrogen and oxygen atoms in total. The summed E-state index contributed by atoms with van der Waals surface area (Å²) in [7, 11) is 0. The van der Waals surface area contributed by atoms with Crippen LogP contribution in [0.1, 0.15) is 84.0 Å². The second kappa shape index (κ2) is 16.0. The van der Waals surface area contributed by atoms with E-state index in [1.54, 1.807) is 12.5 Å². The fraction of sp³-hybridized carbons (Fsp3) is 0.800. The van der Waals surface area contributed by atoms with Gasteiger partial charge in [-0.25, -0.2) is 9.78 Å². The minimum Gasteiger partial charge on any atom is -0.338 e. The molecular formula is C20H38N4O. The summed E-state index contributed by atoms with van der Waals surface area (Å²) in [5, 5.41) is 5.79. The number of hydrogen-bond donors (Lipinski definition) is 2. The monoisotopic (exact) mass is 350 g/mol. The van der Waals surface area contributed by atoms with Crippen molar-refractivity contribution in [1.82, 2.24) is 20.2 Å². The SMILES string of the molecule is CCCCCCCCCCCCCCNC(=O)NCCn1ccnc1. The predicted molar refractivity (Wildman–Crippen MR) is 105 cm³/mol. The van der Waals surface area contributed by atoms with Gasteiger partial charge in [-0.05, 0) is 6.42 Å². The van der Waals surface area contributed by atoms with Crippen molar-refractivity contribution in [3.8, 4) is 0 Å². The van der Waals surface area contributed by atoms with Gasteiger partial charge < -0.3 is 15.2 Å². The molecular weight excluding hydrogens is 312 g/mol. The third kappa shape index (κ3) is 13.4. The molecule has 0 saturated heterocycles. The van der Waals surface area contributed by atoms with E-state index in [-0.39, 0.29) is 6.03 Å². The number of nitrogens with zero attached hydrogens (tertiary/aromatic N) is 2. The number of carbonyl (C=O) groups excluding carboxylic acids is 1. The largest absolute Gasteiger partial charge is 0.338 e. The lowest BCUT2D eigenvalue weighted by molar-refractivity contribution is 0.240. The molecule has 2 N–H and O–H groups in total. The zero-order chi connectivity index (χ0) is 18.0. The van der Waals surface area contributed by atoms with Crippen molar-refractivity contribution in [3.63, 3.8) is 0 Å². The Bertz CT molecular complexity index is 406. The molecule has 144 valence electrons. The molecule has 1 rings (SSSR count). The van der Waals surface area contributed by atoms with Gasteiger partial charge >= 0.3 is 6.03 Å². The Morgan fingerprint density at radius 3 is 1.96 bits per heavy atom. The van der Waals surface area contributed by atoms with Crippen LogP contribution in [0.5, 0.6) is 0 Å². The normalized spacial score (nSPS) is 10.8. The van der Waals surface area contributed by atoms with E-state index in [1.165, 1.54) is 70.6 Å². The van der Waals surface area contributed by atoms with Crippen molar-refractivity contribution >= 4 is 6.03 Å². The molecule has 25 heavy (non-hydrogen) atoms.